The highest BCUT2D eigenvalue weighted by molar-refractivity contribution is 6.42. The van der Waals surface area contributed by atoms with Crippen LogP contribution in [0, 0.1) is 0 Å². The van der Waals surface area contributed by atoms with E-state index in [0.29, 0.717) is 63.8 Å². The average molecular weight is 579 g/mol. The molecule has 0 saturated carbocycles. The van der Waals surface area contributed by atoms with Gasteiger partial charge in [0, 0.05) is 31.3 Å². The van der Waals surface area contributed by atoms with E-state index in [9.17, 15) is 9.59 Å². The van der Waals surface area contributed by atoms with Gasteiger partial charge in [-0.05, 0) is 54.4 Å². The maximum absolute atomic E-state index is 14.1. The maximum Gasteiger partial charge on any atom is 0.263 e. The molecule has 5 rings (SSSR count). The Labute approximate surface area is 242 Å². The Morgan fingerprint density at radius 1 is 1.00 bits per heavy atom. The van der Waals surface area contributed by atoms with Gasteiger partial charge in [-0.15, -0.1) is 0 Å². The van der Waals surface area contributed by atoms with Crippen LogP contribution >= 0.6 is 23.2 Å². The van der Waals surface area contributed by atoms with Gasteiger partial charge in [0.05, 0.1) is 42.2 Å². The Hall–Kier alpha value is -4.01. The van der Waals surface area contributed by atoms with Crippen LogP contribution in [0.3, 0.4) is 0 Å². The zero-order valence-corrected chi connectivity index (χ0v) is 23.9. The van der Waals surface area contributed by atoms with Gasteiger partial charge < -0.3 is 19.3 Å². The van der Waals surface area contributed by atoms with E-state index in [1.807, 2.05) is 60.5 Å². The summed E-state index contributed by atoms with van der Waals surface area (Å²) in [5.41, 5.74) is 2.98. The molecule has 3 aromatic carbocycles. The van der Waals surface area contributed by atoms with Crippen molar-refractivity contribution in [3.8, 4) is 17.2 Å². The highest BCUT2D eigenvalue weighted by Gasteiger charge is 2.29. The number of carbonyl (C=O) groups excluding carboxylic acids is 1. The minimum atomic E-state index is -0.201. The molecular weight excluding hydrogens is 551 g/mol. The van der Waals surface area contributed by atoms with Gasteiger partial charge in [-0.25, -0.2) is 9.55 Å². The van der Waals surface area contributed by atoms with Crippen LogP contribution < -0.4 is 19.9 Å². The number of para-hydroxylation sites is 2. The summed E-state index contributed by atoms with van der Waals surface area (Å²) in [6.45, 7) is 1.05. The fourth-order valence-electron chi connectivity index (χ4n) is 4.82. The summed E-state index contributed by atoms with van der Waals surface area (Å²) in [6, 6.07) is 19.9. The molecule has 4 aromatic rings. The SMILES string of the molecule is COc1ccc(CN(C)c2nc3c(c(=O)n2-c2ccccc2OC)CCN(C(=O)c2ccc(Cl)c(Cl)c2)C3)cc1. The predicted octanol–water partition coefficient (Wildman–Crippen LogP) is 5.39. The van der Waals surface area contributed by atoms with E-state index >= 15 is 0 Å². The molecule has 0 saturated heterocycles. The quantitative estimate of drug-likeness (QED) is 0.292. The zero-order valence-electron chi connectivity index (χ0n) is 22.4. The van der Waals surface area contributed by atoms with Gasteiger partial charge in [0.1, 0.15) is 11.5 Å². The summed E-state index contributed by atoms with van der Waals surface area (Å²) in [5.74, 6) is 1.55. The number of halogens is 2. The van der Waals surface area contributed by atoms with Gasteiger partial charge in [-0.1, -0.05) is 47.5 Å². The van der Waals surface area contributed by atoms with E-state index in [4.69, 9.17) is 37.7 Å². The molecule has 1 aromatic heterocycles. The van der Waals surface area contributed by atoms with Crippen LogP contribution in [0.1, 0.15) is 27.2 Å². The Balaban J connectivity index is 1.56. The lowest BCUT2D eigenvalue weighted by Gasteiger charge is -2.31. The summed E-state index contributed by atoms with van der Waals surface area (Å²) in [7, 11) is 5.08. The lowest BCUT2D eigenvalue weighted by Crippen LogP contribution is -2.41. The van der Waals surface area contributed by atoms with Crippen LogP contribution in [-0.4, -0.2) is 48.2 Å². The topological polar surface area (TPSA) is 76.9 Å². The van der Waals surface area contributed by atoms with Crippen molar-refractivity contribution in [3.63, 3.8) is 0 Å². The minimum absolute atomic E-state index is 0.187. The lowest BCUT2D eigenvalue weighted by molar-refractivity contribution is 0.0731. The molecule has 0 aliphatic carbocycles. The second kappa shape index (κ2) is 11.6. The first-order valence-electron chi connectivity index (χ1n) is 12.7. The molecule has 0 fully saturated rings. The Bertz CT molecular complexity index is 1620. The Morgan fingerprint density at radius 3 is 2.45 bits per heavy atom. The molecule has 8 nitrogen and oxygen atoms in total. The van der Waals surface area contributed by atoms with E-state index < -0.39 is 0 Å². The van der Waals surface area contributed by atoms with Gasteiger partial charge >= 0.3 is 0 Å². The van der Waals surface area contributed by atoms with Crippen LogP contribution in [0.4, 0.5) is 5.95 Å². The summed E-state index contributed by atoms with van der Waals surface area (Å²) >= 11 is 12.2. The summed E-state index contributed by atoms with van der Waals surface area (Å²) in [4.78, 5) is 35.9. The highest BCUT2D eigenvalue weighted by Crippen LogP contribution is 2.29. The molecule has 0 unspecified atom stereocenters. The second-order valence-corrected chi connectivity index (χ2v) is 10.3. The zero-order chi connectivity index (χ0) is 28.4. The third-order valence-electron chi connectivity index (χ3n) is 6.92. The molecule has 0 radical (unpaired) electrons. The molecule has 1 amide bonds. The third kappa shape index (κ3) is 5.37. The summed E-state index contributed by atoms with van der Waals surface area (Å²) in [5, 5.41) is 0.690. The number of hydrogen-bond acceptors (Lipinski definition) is 6. The Kier molecular flexibility index (Phi) is 8.00. The largest absolute Gasteiger partial charge is 0.497 e. The summed E-state index contributed by atoms with van der Waals surface area (Å²) < 4.78 is 12.5. The van der Waals surface area contributed by atoms with Crippen molar-refractivity contribution in [2.75, 3.05) is 32.7 Å². The monoisotopic (exact) mass is 578 g/mol. The number of rotatable bonds is 7. The fraction of sp³-hybridized carbons (Fsp3) is 0.233. The number of benzene rings is 3. The summed E-state index contributed by atoms with van der Waals surface area (Å²) in [6.07, 6.45) is 0.367. The van der Waals surface area contributed by atoms with Crippen LogP contribution in [0.25, 0.3) is 5.69 Å². The van der Waals surface area contributed by atoms with Gasteiger partial charge in [0.15, 0.2) is 0 Å². The third-order valence-corrected chi connectivity index (χ3v) is 7.66. The lowest BCUT2D eigenvalue weighted by atomic mass is 10.0. The molecule has 10 heteroatoms. The van der Waals surface area contributed by atoms with Crippen molar-refractivity contribution >= 4 is 35.1 Å². The minimum Gasteiger partial charge on any atom is -0.497 e. The predicted molar refractivity (Wildman–Crippen MR) is 156 cm³/mol. The van der Waals surface area contributed by atoms with E-state index in [0.717, 1.165) is 11.3 Å². The molecule has 0 spiro atoms. The molecule has 0 N–H and O–H groups in total. The average Bonchev–Trinajstić information content (AvgIpc) is 2.98. The number of amides is 1. The van der Waals surface area contributed by atoms with Gasteiger partial charge in [-0.2, -0.15) is 0 Å². The number of anilines is 1. The van der Waals surface area contributed by atoms with Crippen molar-refractivity contribution < 1.29 is 14.3 Å². The van der Waals surface area contributed by atoms with E-state index in [1.54, 1.807) is 41.9 Å². The van der Waals surface area contributed by atoms with Crippen molar-refractivity contribution in [1.82, 2.24) is 14.5 Å². The number of carbonyl (C=O) groups is 1. The molecule has 0 bridgehead atoms. The highest BCUT2D eigenvalue weighted by atomic mass is 35.5. The van der Waals surface area contributed by atoms with Crippen molar-refractivity contribution in [3.05, 3.63) is 110 Å². The van der Waals surface area contributed by atoms with Gasteiger partial charge in [-0.3, -0.25) is 9.59 Å². The fourth-order valence-corrected chi connectivity index (χ4v) is 5.12. The number of methoxy groups -OCH3 is 2. The molecule has 1 aliphatic heterocycles. The molecule has 2 heterocycles. The van der Waals surface area contributed by atoms with Crippen LogP contribution in [0.2, 0.25) is 10.0 Å². The number of hydrogen-bond donors (Lipinski definition) is 0. The molecule has 1 aliphatic rings. The molecular formula is C30H28Cl2N4O4. The number of aromatic nitrogens is 2. The maximum atomic E-state index is 14.1. The van der Waals surface area contributed by atoms with Crippen LogP contribution in [0.15, 0.2) is 71.5 Å². The van der Waals surface area contributed by atoms with E-state index in [2.05, 4.69) is 0 Å². The van der Waals surface area contributed by atoms with Crippen LogP contribution in [0.5, 0.6) is 11.5 Å². The standard InChI is InChI=1S/C30H28Cl2N4O4/c1-34(17-19-8-11-21(39-2)12-9-19)30-33-25-18-35(28(37)20-10-13-23(31)24(32)16-20)15-14-22(25)29(38)36(30)26-6-4-5-7-27(26)40-3/h4-13,16H,14-15,17-18H2,1-3H3. The van der Waals surface area contributed by atoms with E-state index in [1.165, 1.54) is 0 Å². The number of ether oxygens (including phenoxy) is 2. The number of nitrogens with zero attached hydrogens (tertiary/aromatic N) is 4. The van der Waals surface area contributed by atoms with Crippen molar-refractivity contribution in [2.24, 2.45) is 0 Å². The smallest absolute Gasteiger partial charge is 0.263 e. The Morgan fingerprint density at radius 2 is 1.75 bits per heavy atom. The normalized spacial score (nSPS) is 12.6. The molecule has 206 valence electrons. The first kappa shape index (κ1) is 27.6. The van der Waals surface area contributed by atoms with Gasteiger partial charge in [0.2, 0.25) is 5.95 Å². The van der Waals surface area contributed by atoms with Gasteiger partial charge in [0.25, 0.3) is 11.5 Å². The second-order valence-electron chi connectivity index (χ2n) is 9.46. The van der Waals surface area contributed by atoms with Crippen molar-refractivity contribution in [1.29, 1.82) is 0 Å². The number of fused-ring (bicyclic) bond motifs is 1. The first-order valence-corrected chi connectivity index (χ1v) is 13.4. The van der Waals surface area contributed by atoms with E-state index in [-0.39, 0.29) is 18.0 Å². The van der Waals surface area contributed by atoms with Crippen LogP contribution in [-0.2, 0) is 19.5 Å². The first-order chi connectivity index (χ1) is 19.3. The van der Waals surface area contributed by atoms with Crippen molar-refractivity contribution in [2.45, 2.75) is 19.5 Å². The molecule has 40 heavy (non-hydrogen) atoms. The molecule has 0 atom stereocenters.